The molecule has 0 spiro atoms. The number of rotatable bonds is 4. The van der Waals surface area contributed by atoms with E-state index in [-0.39, 0.29) is 10.6 Å². The number of anilines is 1. The maximum absolute atomic E-state index is 11.5. The van der Waals surface area contributed by atoms with Crippen LogP contribution in [0.1, 0.15) is 26.7 Å². The lowest BCUT2D eigenvalue weighted by Gasteiger charge is -2.27. The van der Waals surface area contributed by atoms with Gasteiger partial charge in [-0.05, 0) is 12.8 Å². The molecule has 1 aliphatic rings. The number of nitrogens with one attached hydrogen (secondary N) is 2. The van der Waals surface area contributed by atoms with E-state index in [1.807, 2.05) is 0 Å². The summed E-state index contributed by atoms with van der Waals surface area (Å²) in [6, 6.07) is 0.814. The van der Waals surface area contributed by atoms with Crippen molar-refractivity contribution in [1.29, 1.82) is 0 Å². The van der Waals surface area contributed by atoms with Crippen LogP contribution in [0, 0.1) is 0 Å². The third-order valence-electron chi connectivity index (χ3n) is 3.19. The molecule has 18 heavy (non-hydrogen) atoms. The highest BCUT2D eigenvalue weighted by Crippen LogP contribution is 2.27. The summed E-state index contributed by atoms with van der Waals surface area (Å²) in [4.78, 5) is 20.3. The number of nitrogens with zero attached hydrogens (tertiary/aromatic N) is 2. The molecule has 0 saturated carbocycles. The van der Waals surface area contributed by atoms with Gasteiger partial charge in [0.05, 0.1) is 6.33 Å². The van der Waals surface area contributed by atoms with E-state index < -0.39 is 0 Å². The SMILES string of the molecule is CC(C)NCC1CCCN1c1nc[nH]c(=O)c1Cl. The van der Waals surface area contributed by atoms with Gasteiger partial charge >= 0.3 is 0 Å². The molecule has 100 valence electrons. The molecule has 1 aromatic heterocycles. The van der Waals surface area contributed by atoms with Crippen molar-refractivity contribution in [3.8, 4) is 0 Å². The molecule has 0 bridgehead atoms. The van der Waals surface area contributed by atoms with Crippen LogP contribution in [0.4, 0.5) is 5.82 Å². The first kappa shape index (κ1) is 13.4. The van der Waals surface area contributed by atoms with Gasteiger partial charge < -0.3 is 15.2 Å². The van der Waals surface area contributed by atoms with Crippen molar-refractivity contribution in [3.05, 3.63) is 21.7 Å². The molecule has 2 rings (SSSR count). The Balaban J connectivity index is 2.16. The molecule has 1 aliphatic heterocycles. The fourth-order valence-electron chi connectivity index (χ4n) is 2.27. The smallest absolute Gasteiger partial charge is 0.271 e. The Labute approximate surface area is 112 Å². The minimum Gasteiger partial charge on any atom is -0.351 e. The standard InChI is InChI=1S/C12H19ClN4O/c1-8(2)14-6-9-4-3-5-17(9)11-10(13)12(18)16-7-15-11/h7-9,14H,3-6H2,1-2H3,(H,15,16,18). The Morgan fingerprint density at radius 2 is 2.44 bits per heavy atom. The highest BCUT2D eigenvalue weighted by atomic mass is 35.5. The average molecular weight is 271 g/mol. The number of hydrogen-bond donors (Lipinski definition) is 2. The van der Waals surface area contributed by atoms with Crippen LogP contribution in [0.15, 0.2) is 11.1 Å². The fraction of sp³-hybridized carbons (Fsp3) is 0.667. The van der Waals surface area contributed by atoms with E-state index in [0.29, 0.717) is 17.9 Å². The molecule has 6 heteroatoms. The lowest BCUT2D eigenvalue weighted by molar-refractivity contribution is 0.522. The molecule has 1 unspecified atom stereocenters. The monoisotopic (exact) mass is 270 g/mol. The van der Waals surface area contributed by atoms with Gasteiger partial charge in [-0.25, -0.2) is 4.98 Å². The first-order chi connectivity index (χ1) is 8.59. The molecule has 0 aliphatic carbocycles. The molecule has 5 nitrogen and oxygen atoms in total. The zero-order valence-corrected chi connectivity index (χ0v) is 11.5. The van der Waals surface area contributed by atoms with Crippen LogP contribution >= 0.6 is 11.6 Å². The maximum atomic E-state index is 11.5. The maximum Gasteiger partial charge on any atom is 0.271 e. The lowest BCUT2D eigenvalue weighted by atomic mass is 10.2. The van der Waals surface area contributed by atoms with Crippen molar-refractivity contribution in [2.45, 2.75) is 38.8 Å². The van der Waals surface area contributed by atoms with E-state index in [1.54, 1.807) is 0 Å². The number of hydrogen-bond acceptors (Lipinski definition) is 4. The number of aromatic amines is 1. The Hall–Kier alpha value is -1.07. The molecular formula is C12H19ClN4O. The fourth-order valence-corrected chi connectivity index (χ4v) is 2.48. The van der Waals surface area contributed by atoms with Gasteiger partial charge in [0.25, 0.3) is 5.56 Å². The molecule has 0 radical (unpaired) electrons. The highest BCUT2D eigenvalue weighted by molar-refractivity contribution is 6.32. The van der Waals surface area contributed by atoms with Crippen molar-refractivity contribution >= 4 is 17.4 Å². The second-order valence-corrected chi connectivity index (χ2v) is 5.30. The minimum absolute atomic E-state index is 0.189. The summed E-state index contributed by atoms with van der Waals surface area (Å²) >= 11 is 6.03. The predicted octanol–water partition coefficient (Wildman–Crippen LogP) is 1.39. The van der Waals surface area contributed by atoms with Crippen molar-refractivity contribution < 1.29 is 0 Å². The van der Waals surface area contributed by atoms with Gasteiger partial charge in [0.1, 0.15) is 5.02 Å². The topological polar surface area (TPSA) is 61.0 Å². The molecule has 2 heterocycles. The quantitative estimate of drug-likeness (QED) is 0.868. The number of aromatic nitrogens is 2. The van der Waals surface area contributed by atoms with Gasteiger partial charge in [0.2, 0.25) is 0 Å². The second-order valence-electron chi connectivity index (χ2n) is 4.92. The summed E-state index contributed by atoms with van der Waals surface area (Å²) < 4.78 is 0. The summed E-state index contributed by atoms with van der Waals surface area (Å²) in [6.45, 7) is 6.04. The second kappa shape index (κ2) is 5.71. The van der Waals surface area contributed by atoms with E-state index in [0.717, 1.165) is 25.9 Å². The van der Waals surface area contributed by atoms with Gasteiger partial charge in [-0.1, -0.05) is 25.4 Å². The Kier molecular flexibility index (Phi) is 4.24. The largest absolute Gasteiger partial charge is 0.351 e. The molecule has 1 atom stereocenters. The third-order valence-corrected chi connectivity index (χ3v) is 3.53. The van der Waals surface area contributed by atoms with E-state index in [4.69, 9.17) is 11.6 Å². The average Bonchev–Trinajstić information content (AvgIpc) is 2.78. The number of H-pyrrole nitrogens is 1. The molecule has 2 N–H and O–H groups in total. The summed E-state index contributed by atoms with van der Waals surface area (Å²) in [7, 11) is 0. The zero-order valence-electron chi connectivity index (χ0n) is 10.7. The van der Waals surface area contributed by atoms with E-state index in [9.17, 15) is 4.79 Å². The molecule has 0 amide bonds. The number of halogens is 1. The van der Waals surface area contributed by atoms with Gasteiger partial charge in [-0.2, -0.15) is 0 Å². The minimum atomic E-state index is -0.274. The first-order valence-electron chi connectivity index (χ1n) is 6.33. The molecular weight excluding hydrogens is 252 g/mol. The highest BCUT2D eigenvalue weighted by Gasteiger charge is 2.27. The third kappa shape index (κ3) is 2.84. The molecule has 1 fully saturated rings. The van der Waals surface area contributed by atoms with Crippen LogP contribution in [0.2, 0.25) is 5.02 Å². The Bertz CT molecular complexity index is 460. The van der Waals surface area contributed by atoms with Crippen molar-refractivity contribution in [2.75, 3.05) is 18.0 Å². The van der Waals surface area contributed by atoms with Gasteiger partial charge in [0.15, 0.2) is 5.82 Å². The summed E-state index contributed by atoms with van der Waals surface area (Å²) in [5, 5.41) is 3.61. The summed E-state index contributed by atoms with van der Waals surface area (Å²) in [6.07, 6.45) is 3.62. The molecule has 1 saturated heterocycles. The van der Waals surface area contributed by atoms with Crippen LogP contribution < -0.4 is 15.8 Å². The molecule has 0 aromatic carbocycles. The summed E-state index contributed by atoms with van der Waals surface area (Å²) in [5.74, 6) is 0.605. The first-order valence-corrected chi connectivity index (χ1v) is 6.70. The van der Waals surface area contributed by atoms with E-state index in [1.165, 1.54) is 6.33 Å². The van der Waals surface area contributed by atoms with E-state index in [2.05, 4.69) is 34.0 Å². The van der Waals surface area contributed by atoms with Gasteiger partial charge in [-0.3, -0.25) is 4.79 Å². The van der Waals surface area contributed by atoms with E-state index >= 15 is 0 Å². The normalized spacial score (nSPS) is 19.8. The van der Waals surface area contributed by atoms with Crippen LogP contribution in [-0.4, -0.2) is 35.1 Å². The Morgan fingerprint density at radius 1 is 1.67 bits per heavy atom. The van der Waals surface area contributed by atoms with Crippen molar-refractivity contribution in [1.82, 2.24) is 15.3 Å². The predicted molar refractivity (Wildman–Crippen MR) is 73.4 cm³/mol. The van der Waals surface area contributed by atoms with Crippen molar-refractivity contribution in [3.63, 3.8) is 0 Å². The van der Waals surface area contributed by atoms with Crippen LogP contribution in [0.25, 0.3) is 0 Å². The van der Waals surface area contributed by atoms with Gasteiger partial charge in [-0.15, -0.1) is 0 Å². The lowest BCUT2D eigenvalue weighted by Crippen LogP contribution is -2.41. The van der Waals surface area contributed by atoms with Crippen LogP contribution in [0.3, 0.4) is 0 Å². The van der Waals surface area contributed by atoms with Crippen LogP contribution in [-0.2, 0) is 0 Å². The molecule has 1 aromatic rings. The van der Waals surface area contributed by atoms with Crippen molar-refractivity contribution in [2.24, 2.45) is 0 Å². The van der Waals surface area contributed by atoms with Gasteiger partial charge in [0, 0.05) is 25.2 Å². The summed E-state index contributed by atoms with van der Waals surface area (Å²) in [5.41, 5.74) is -0.274. The van der Waals surface area contributed by atoms with Crippen LogP contribution in [0.5, 0.6) is 0 Å². The Morgan fingerprint density at radius 3 is 3.17 bits per heavy atom. The zero-order chi connectivity index (χ0) is 13.1.